The summed E-state index contributed by atoms with van der Waals surface area (Å²) in [6.45, 7) is 4.24. The molecule has 0 aromatic heterocycles. The molecule has 2 aromatic carbocycles. The highest BCUT2D eigenvalue weighted by atomic mass is 16.6. The molecule has 2 heteroatoms. The van der Waals surface area contributed by atoms with Crippen LogP contribution in [0, 0.1) is 13.8 Å². The lowest BCUT2D eigenvalue weighted by Gasteiger charge is -2.09. The molecular weight excluding hydrogens is 222 g/mol. The lowest BCUT2D eigenvalue weighted by molar-refractivity contribution is 0.215. The van der Waals surface area contributed by atoms with Crippen LogP contribution in [0.15, 0.2) is 47.6 Å². The second-order valence-corrected chi connectivity index (χ2v) is 4.32. The van der Waals surface area contributed by atoms with Crippen molar-refractivity contribution in [2.45, 2.75) is 13.8 Å². The van der Waals surface area contributed by atoms with Crippen molar-refractivity contribution in [3.8, 4) is 11.1 Å². The van der Waals surface area contributed by atoms with Gasteiger partial charge in [-0.05, 0) is 30.5 Å². The maximum atomic E-state index is 4.76. The molecular formula is C16H17NO. The summed E-state index contributed by atoms with van der Waals surface area (Å²) in [5, 5.41) is 3.85. The van der Waals surface area contributed by atoms with Crippen LogP contribution < -0.4 is 0 Å². The average Bonchev–Trinajstić information content (AvgIpc) is 2.37. The van der Waals surface area contributed by atoms with Crippen molar-refractivity contribution in [3.63, 3.8) is 0 Å². The fraction of sp³-hybridized carbons (Fsp3) is 0.188. The van der Waals surface area contributed by atoms with E-state index in [2.05, 4.69) is 43.3 Å². The molecule has 18 heavy (non-hydrogen) atoms. The topological polar surface area (TPSA) is 21.6 Å². The minimum Gasteiger partial charge on any atom is -0.399 e. The van der Waals surface area contributed by atoms with Gasteiger partial charge in [0.1, 0.15) is 7.11 Å². The lowest BCUT2D eigenvalue weighted by Crippen LogP contribution is -1.91. The number of hydrogen-bond donors (Lipinski definition) is 0. The Kier molecular flexibility index (Phi) is 3.78. The molecule has 0 aliphatic rings. The van der Waals surface area contributed by atoms with Crippen LogP contribution in [-0.2, 0) is 4.84 Å². The van der Waals surface area contributed by atoms with Crippen LogP contribution in [0.4, 0.5) is 0 Å². The highest BCUT2D eigenvalue weighted by molar-refractivity contribution is 5.90. The second-order valence-electron chi connectivity index (χ2n) is 4.32. The first kappa shape index (κ1) is 12.4. The van der Waals surface area contributed by atoms with Gasteiger partial charge in [-0.15, -0.1) is 0 Å². The second kappa shape index (κ2) is 5.50. The van der Waals surface area contributed by atoms with Gasteiger partial charge in [0, 0.05) is 5.56 Å². The summed E-state index contributed by atoms with van der Waals surface area (Å²) < 4.78 is 0. The van der Waals surface area contributed by atoms with E-state index in [0.29, 0.717) is 0 Å². The maximum Gasteiger partial charge on any atom is 0.106 e. The maximum absolute atomic E-state index is 4.76. The molecule has 0 unspecified atom stereocenters. The SMILES string of the molecule is CO/N=C/c1ccccc1-c1ccc(C)cc1C. The monoisotopic (exact) mass is 239 g/mol. The molecule has 0 saturated heterocycles. The molecule has 0 fully saturated rings. The Morgan fingerprint density at radius 2 is 1.78 bits per heavy atom. The Labute approximate surface area is 108 Å². The van der Waals surface area contributed by atoms with Gasteiger partial charge in [0.25, 0.3) is 0 Å². The molecule has 0 spiro atoms. The zero-order chi connectivity index (χ0) is 13.0. The predicted octanol–water partition coefficient (Wildman–Crippen LogP) is 3.95. The van der Waals surface area contributed by atoms with Crippen molar-refractivity contribution in [2.24, 2.45) is 5.16 Å². The van der Waals surface area contributed by atoms with Gasteiger partial charge in [0.2, 0.25) is 0 Å². The highest BCUT2D eigenvalue weighted by Crippen LogP contribution is 2.26. The van der Waals surface area contributed by atoms with Crippen LogP contribution in [0.1, 0.15) is 16.7 Å². The third kappa shape index (κ3) is 2.59. The zero-order valence-electron chi connectivity index (χ0n) is 11.0. The fourth-order valence-electron chi connectivity index (χ4n) is 2.08. The van der Waals surface area contributed by atoms with Crippen LogP contribution in [0.25, 0.3) is 11.1 Å². The van der Waals surface area contributed by atoms with Gasteiger partial charge in [-0.1, -0.05) is 53.2 Å². The summed E-state index contributed by atoms with van der Waals surface area (Å²) in [6.07, 6.45) is 1.74. The van der Waals surface area contributed by atoms with Crippen LogP contribution in [0.5, 0.6) is 0 Å². The number of benzene rings is 2. The third-order valence-electron chi connectivity index (χ3n) is 2.93. The molecule has 0 radical (unpaired) electrons. The van der Waals surface area contributed by atoms with E-state index in [-0.39, 0.29) is 0 Å². The Morgan fingerprint density at radius 3 is 2.50 bits per heavy atom. The van der Waals surface area contributed by atoms with Crippen LogP contribution in [-0.4, -0.2) is 13.3 Å². The molecule has 0 amide bonds. The van der Waals surface area contributed by atoms with Gasteiger partial charge in [-0.25, -0.2) is 0 Å². The minimum absolute atomic E-state index is 1.06. The average molecular weight is 239 g/mol. The molecule has 0 saturated carbocycles. The Hall–Kier alpha value is -2.09. The van der Waals surface area contributed by atoms with E-state index in [1.54, 1.807) is 13.3 Å². The van der Waals surface area contributed by atoms with Gasteiger partial charge in [-0.2, -0.15) is 0 Å². The summed E-state index contributed by atoms with van der Waals surface area (Å²) in [7, 11) is 1.55. The fourth-order valence-corrected chi connectivity index (χ4v) is 2.08. The molecule has 2 nitrogen and oxygen atoms in total. The van der Waals surface area contributed by atoms with Crippen molar-refractivity contribution in [1.29, 1.82) is 0 Å². The van der Waals surface area contributed by atoms with Gasteiger partial charge in [-0.3, -0.25) is 0 Å². The van der Waals surface area contributed by atoms with E-state index < -0.39 is 0 Å². The smallest absolute Gasteiger partial charge is 0.106 e. The van der Waals surface area contributed by atoms with Crippen molar-refractivity contribution in [1.82, 2.24) is 0 Å². The van der Waals surface area contributed by atoms with E-state index >= 15 is 0 Å². The molecule has 92 valence electrons. The van der Waals surface area contributed by atoms with E-state index in [9.17, 15) is 0 Å². The highest BCUT2D eigenvalue weighted by Gasteiger charge is 2.05. The molecule has 0 bridgehead atoms. The molecule has 0 aliphatic heterocycles. The number of oxime groups is 1. The molecule has 0 atom stereocenters. The van der Waals surface area contributed by atoms with Crippen LogP contribution >= 0.6 is 0 Å². The number of hydrogen-bond acceptors (Lipinski definition) is 2. The molecule has 2 aromatic rings. The van der Waals surface area contributed by atoms with E-state index in [4.69, 9.17) is 4.84 Å². The van der Waals surface area contributed by atoms with Crippen LogP contribution in [0.3, 0.4) is 0 Å². The first-order chi connectivity index (χ1) is 8.72. The van der Waals surface area contributed by atoms with Gasteiger partial charge < -0.3 is 4.84 Å². The van der Waals surface area contributed by atoms with Crippen LogP contribution in [0.2, 0.25) is 0 Å². The standard InChI is InChI=1S/C16H17NO/c1-12-8-9-15(13(2)10-12)16-7-5-4-6-14(16)11-17-18-3/h4-11H,1-3H3/b17-11+. The van der Waals surface area contributed by atoms with Gasteiger partial charge in [0.15, 0.2) is 0 Å². The quantitative estimate of drug-likeness (QED) is 0.587. The van der Waals surface area contributed by atoms with Crippen molar-refractivity contribution in [3.05, 3.63) is 59.2 Å². The first-order valence-corrected chi connectivity index (χ1v) is 5.95. The Balaban J connectivity index is 2.53. The molecule has 0 heterocycles. The summed E-state index contributed by atoms with van der Waals surface area (Å²) in [6, 6.07) is 14.7. The van der Waals surface area contributed by atoms with Crippen molar-refractivity contribution >= 4 is 6.21 Å². The summed E-state index contributed by atoms with van der Waals surface area (Å²) in [5.74, 6) is 0. The Morgan fingerprint density at radius 1 is 1.00 bits per heavy atom. The summed E-state index contributed by atoms with van der Waals surface area (Å²) >= 11 is 0. The van der Waals surface area contributed by atoms with Gasteiger partial charge >= 0.3 is 0 Å². The summed E-state index contributed by atoms with van der Waals surface area (Å²) in [5.41, 5.74) is 6.02. The largest absolute Gasteiger partial charge is 0.399 e. The van der Waals surface area contributed by atoms with Gasteiger partial charge in [0.05, 0.1) is 6.21 Å². The molecule has 2 rings (SSSR count). The van der Waals surface area contributed by atoms with E-state index in [0.717, 1.165) is 5.56 Å². The number of nitrogens with zero attached hydrogens (tertiary/aromatic N) is 1. The predicted molar refractivity (Wildman–Crippen MR) is 76.0 cm³/mol. The van der Waals surface area contributed by atoms with E-state index in [1.807, 2.05) is 18.2 Å². The van der Waals surface area contributed by atoms with Crippen molar-refractivity contribution in [2.75, 3.05) is 7.11 Å². The van der Waals surface area contributed by atoms with Crippen molar-refractivity contribution < 1.29 is 4.84 Å². The molecule has 0 aliphatic carbocycles. The normalized spacial score (nSPS) is 10.8. The third-order valence-corrected chi connectivity index (χ3v) is 2.93. The number of aryl methyl sites for hydroxylation is 2. The Bertz CT molecular complexity index is 573. The zero-order valence-corrected chi connectivity index (χ0v) is 11.0. The lowest BCUT2D eigenvalue weighted by atomic mass is 9.95. The summed E-state index contributed by atoms with van der Waals surface area (Å²) in [4.78, 5) is 4.76. The molecule has 0 N–H and O–H groups in total. The minimum atomic E-state index is 1.06. The first-order valence-electron chi connectivity index (χ1n) is 5.95. The number of rotatable bonds is 3. The van der Waals surface area contributed by atoms with E-state index in [1.165, 1.54) is 22.3 Å².